The van der Waals surface area contributed by atoms with Gasteiger partial charge >= 0.3 is 0 Å². The molecule has 0 saturated carbocycles. The van der Waals surface area contributed by atoms with E-state index in [-0.39, 0.29) is 30.1 Å². The third-order valence-electron chi connectivity index (χ3n) is 5.39. The van der Waals surface area contributed by atoms with E-state index in [2.05, 4.69) is 10.3 Å². The normalized spacial score (nSPS) is 21.7. The SMILES string of the molecule is Cc1cc(-c2ccc3c(c2)[C@H](C)N(C2CCC(=O)NC2=O)C3=O)nc(N)c1F. The minimum absolute atomic E-state index is 0.176. The second kappa shape index (κ2) is 6.40. The zero-order chi connectivity index (χ0) is 20.2. The average Bonchev–Trinajstić information content (AvgIpc) is 2.90. The first-order valence-electron chi connectivity index (χ1n) is 9.01. The fourth-order valence-corrected chi connectivity index (χ4v) is 3.92. The van der Waals surface area contributed by atoms with Gasteiger partial charge < -0.3 is 10.6 Å². The zero-order valence-corrected chi connectivity index (χ0v) is 15.5. The maximum atomic E-state index is 13.8. The number of hydrogen-bond donors (Lipinski definition) is 2. The van der Waals surface area contributed by atoms with Crippen molar-refractivity contribution in [3.63, 3.8) is 0 Å². The van der Waals surface area contributed by atoms with E-state index in [1.165, 1.54) is 4.90 Å². The summed E-state index contributed by atoms with van der Waals surface area (Å²) in [6, 6.07) is 5.82. The van der Waals surface area contributed by atoms with E-state index in [1.54, 1.807) is 25.1 Å². The van der Waals surface area contributed by atoms with Gasteiger partial charge in [-0.05, 0) is 49.6 Å². The van der Waals surface area contributed by atoms with Crippen LogP contribution in [0.25, 0.3) is 11.3 Å². The van der Waals surface area contributed by atoms with E-state index in [9.17, 15) is 18.8 Å². The molecule has 0 aliphatic carbocycles. The Bertz CT molecular complexity index is 1010. The molecule has 2 atom stereocenters. The number of aromatic nitrogens is 1. The number of carbonyl (C=O) groups is 3. The van der Waals surface area contributed by atoms with Gasteiger partial charge in [0.05, 0.1) is 11.7 Å². The molecule has 1 unspecified atom stereocenters. The number of aryl methyl sites for hydroxylation is 1. The topological polar surface area (TPSA) is 105 Å². The van der Waals surface area contributed by atoms with E-state index in [0.29, 0.717) is 28.8 Å². The van der Waals surface area contributed by atoms with Crippen molar-refractivity contribution >= 4 is 23.5 Å². The summed E-state index contributed by atoms with van der Waals surface area (Å²) in [5.41, 5.74) is 8.52. The molecule has 1 aromatic carbocycles. The Morgan fingerprint density at radius 3 is 2.68 bits per heavy atom. The van der Waals surface area contributed by atoms with Crippen molar-refractivity contribution in [3.8, 4) is 11.3 Å². The molecule has 3 heterocycles. The summed E-state index contributed by atoms with van der Waals surface area (Å²) >= 11 is 0. The number of nitrogens with one attached hydrogen (secondary N) is 1. The van der Waals surface area contributed by atoms with Crippen LogP contribution < -0.4 is 11.1 Å². The fourth-order valence-electron chi connectivity index (χ4n) is 3.92. The molecular weight excluding hydrogens is 363 g/mol. The molecule has 0 spiro atoms. The van der Waals surface area contributed by atoms with Gasteiger partial charge in [0.15, 0.2) is 11.6 Å². The predicted octanol–water partition coefficient (Wildman–Crippen LogP) is 2.10. The lowest BCUT2D eigenvalue weighted by atomic mass is 9.99. The summed E-state index contributed by atoms with van der Waals surface area (Å²) in [6.45, 7) is 3.45. The number of carbonyl (C=O) groups excluding carboxylic acids is 3. The monoisotopic (exact) mass is 382 g/mol. The first-order valence-corrected chi connectivity index (χ1v) is 9.01. The van der Waals surface area contributed by atoms with E-state index in [0.717, 1.165) is 5.56 Å². The minimum atomic E-state index is -0.683. The van der Waals surface area contributed by atoms with Crippen molar-refractivity contribution in [1.82, 2.24) is 15.2 Å². The van der Waals surface area contributed by atoms with Crippen molar-refractivity contribution in [2.75, 3.05) is 5.73 Å². The quantitative estimate of drug-likeness (QED) is 0.774. The molecule has 2 aromatic rings. The van der Waals surface area contributed by atoms with Gasteiger partial charge in [-0.1, -0.05) is 6.07 Å². The molecule has 0 bridgehead atoms. The lowest BCUT2D eigenvalue weighted by Crippen LogP contribution is -2.53. The van der Waals surface area contributed by atoms with Crippen molar-refractivity contribution in [3.05, 3.63) is 46.8 Å². The van der Waals surface area contributed by atoms with Gasteiger partial charge in [-0.3, -0.25) is 19.7 Å². The van der Waals surface area contributed by atoms with Gasteiger partial charge in [0.25, 0.3) is 5.91 Å². The number of piperidine rings is 1. The largest absolute Gasteiger partial charge is 0.381 e. The molecule has 0 radical (unpaired) electrons. The molecule has 1 aromatic heterocycles. The maximum Gasteiger partial charge on any atom is 0.255 e. The van der Waals surface area contributed by atoms with Gasteiger partial charge in [-0.15, -0.1) is 0 Å². The van der Waals surface area contributed by atoms with Crippen molar-refractivity contribution in [2.45, 2.75) is 38.8 Å². The second-order valence-electron chi connectivity index (χ2n) is 7.18. The van der Waals surface area contributed by atoms with Crippen LogP contribution in [-0.2, 0) is 9.59 Å². The Morgan fingerprint density at radius 1 is 1.25 bits per heavy atom. The number of fused-ring (bicyclic) bond motifs is 1. The summed E-state index contributed by atoms with van der Waals surface area (Å²) in [5, 5.41) is 2.30. The average molecular weight is 382 g/mol. The number of halogens is 1. The molecule has 3 amide bonds. The number of rotatable bonds is 2. The fraction of sp³-hybridized carbons (Fsp3) is 0.300. The third-order valence-corrected chi connectivity index (χ3v) is 5.39. The smallest absolute Gasteiger partial charge is 0.255 e. The number of hydrogen-bond acceptors (Lipinski definition) is 5. The lowest BCUT2D eigenvalue weighted by molar-refractivity contribution is -0.137. The highest BCUT2D eigenvalue weighted by molar-refractivity contribution is 6.06. The summed E-state index contributed by atoms with van der Waals surface area (Å²) in [5.74, 6) is -1.74. The number of nitrogen functional groups attached to an aromatic ring is 1. The van der Waals surface area contributed by atoms with Crippen LogP contribution in [0, 0.1) is 12.7 Å². The molecule has 8 heteroatoms. The van der Waals surface area contributed by atoms with Crippen molar-refractivity contribution in [1.29, 1.82) is 0 Å². The molecule has 28 heavy (non-hydrogen) atoms. The zero-order valence-electron chi connectivity index (χ0n) is 15.5. The molecule has 4 rings (SSSR count). The number of amides is 3. The predicted molar refractivity (Wildman–Crippen MR) is 99.5 cm³/mol. The Balaban J connectivity index is 1.71. The molecular formula is C20H19FN4O3. The molecule has 7 nitrogen and oxygen atoms in total. The first-order chi connectivity index (χ1) is 13.3. The van der Waals surface area contributed by atoms with E-state index < -0.39 is 17.8 Å². The Morgan fingerprint density at radius 2 is 2.00 bits per heavy atom. The van der Waals surface area contributed by atoms with Crippen LogP contribution in [0.2, 0.25) is 0 Å². The molecule has 1 fully saturated rings. The summed E-state index contributed by atoms with van der Waals surface area (Å²) < 4.78 is 13.8. The number of nitrogens with zero attached hydrogens (tertiary/aromatic N) is 2. The standard InChI is InChI=1S/C20H19FN4O3/c1-9-7-14(23-18(22)17(9)21)11-3-4-12-13(8-11)10(2)25(20(12)28)15-5-6-16(26)24-19(15)27/h3-4,7-8,10,15H,5-6H2,1-2H3,(H2,22,23)(H,24,26,27)/t10-,15?/m0/s1. The highest BCUT2D eigenvalue weighted by Gasteiger charge is 2.43. The van der Waals surface area contributed by atoms with Crippen LogP contribution in [0.3, 0.4) is 0 Å². The first kappa shape index (κ1) is 18.1. The molecule has 2 aliphatic rings. The molecule has 2 aliphatic heterocycles. The van der Waals surface area contributed by atoms with Crippen LogP contribution in [0.4, 0.5) is 10.2 Å². The number of nitrogens with two attached hydrogens (primary N) is 1. The van der Waals surface area contributed by atoms with Gasteiger partial charge in [-0.2, -0.15) is 0 Å². The summed E-state index contributed by atoms with van der Waals surface area (Å²) in [4.78, 5) is 42.2. The molecule has 144 valence electrons. The summed E-state index contributed by atoms with van der Waals surface area (Å²) in [7, 11) is 0. The lowest BCUT2D eigenvalue weighted by Gasteiger charge is -2.32. The third kappa shape index (κ3) is 2.72. The molecule has 1 saturated heterocycles. The maximum absolute atomic E-state index is 13.8. The Hall–Kier alpha value is -3.29. The second-order valence-corrected chi connectivity index (χ2v) is 7.18. The number of imide groups is 1. The van der Waals surface area contributed by atoms with Crippen LogP contribution in [0.15, 0.2) is 24.3 Å². The highest BCUT2D eigenvalue weighted by Crippen LogP contribution is 2.38. The van der Waals surface area contributed by atoms with E-state index in [4.69, 9.17) is 5.73 Å². The van der Waals surface area contributed by atoms with Gasteiger partial charge in [-0.25, -0.2) is 9.37 Å². The number of anilines is 1. The van der Waals surface area contributed by atoms with Crippen molar-refractivity contribution < 1.29 is 18.8 Å². The van der Waals surface area contributed by atoms with Gasteiger partial charge in [0, 0.05) is 17.5 Å². The van der Waals surface area contributed by atoms with E-state index >= 15 is 0 Å². The van der Waals surface area contributed by atoms with Crippen LogP contribution in [0.5, 0.6) is 0 Å². The minimum Gasteiger partial charge on any atom is -0.381 e. The van der Waals surface area contributed by atoms with Crippen LogP contribution >= 0.6 is 0 Å². The van der Waals surface area contributed by atoms with Gasteiger partial charge in [0.2, 0.25) is 11.8 Å². The van der Waals surface area contributed by atoms with Crippen molar-refractivity contribution in [2.24, 2.45) is 0 Å². The van der Waals surface area contributed by atoms with Gasteiger partial charge in [0.1, 0.15) is 6.04 Å². The Labute approximate surface area is 160 Å². The van der Waals surface area contributed by atoms with Crippen LogP contribution in [0.1, 0.15) is 47.3 Å². The van der Waals surface area contributed by atoms with E-state index in [1.807, 2.05) is 13.0 Å². The highest BCUT2D eigenvalue weighted by atomic mass is 19.1. The molecule has 3 N–H and O–H groups in total. The Kier molecular flexibility index (Phi) is 4.14. The van der Waals surface area contributed by atoms with Crippen LogP contribution in [-0.4, -0.2) is 33.6 Å². The summed E-state index contributed by atoms with van der Waals surface area (Å²) in [6.07, 6.45) is 0.503. The number of pyridine rings is 1. The number of benzene rings is 1.